The van der Waals surface area contributed by atoms with Gasteiger partial charge in [-0.3, -0.25) is 14.5 Å². The largest absolute Gasteiger partial charge is 0.459 e. The Bertz CT molecular complexity index is 302. The molecule has 0 aromatic heterocycles. The second-order valence-corrected chi connectivity index (χ2v) is 5.36. The average molecular weight is 290 g/mol. The number of carbonyl (C=O) groups is 2. The number of carbonyl (C=O) groups excluding carboxylic acids is 2. The van der Waals surface area contributed by atoms with Crippen molar-refractivity contribution >= 4 is 11.9 Å². The van der Waals surface area contributed by atoms with E-state index in [1.165, 1.54) is 4.90 Å². The van der Waals surface area contributed by atoms with Gasteiger partial charge in [0.05, 0.1) is 26.3 Å². The first-order valence-electron chi connectivity index (χ1n) is 6.59. The molecule has 0 aliphatic rings. The summed E-state index contributed by atoms with van der Waals surface area (Å²) < 4.78 is 10.0. The number of nitrogens with zero attached hydrogens (tertiary/aromatic N) is 1. The monoisotopic (exact) mass is 290 g/mol. The first kappa shape index (κ1) is 18.8. The van der Waals surface area contributed by atoms with Crippen LogP contribution in [0.1, 0.15) is 20.8 Å². The van der Waals surface area contributed by atoms with Gasteiger partial charge in [-0.1, -0.05) is 0 Å². The lowest BCUT2D eigenvalue weighted by atomic mass is 10.2. The lowest BCUT2D eigenvalue weighted by molar-refractivity contribution is -0.156. The summed E-state index contributed by atoms with van der Waals surface area (Å²) in [5.74, 6) is -0.644. The number of esters is 1. The zero-order chi connectivity index (χ0) is 15.6. The number of amides is 1. The number of methoxy groups -OCH3 is 1. The van der Waals surface area contributed by atoms with Crippen LogP contribution in [-0.4, -0.2) is 74.0 Å². The van der Waals surface area contributed by atoms with Gasteiger partial charge in [-0.2, -0.15) is 0 Å². The second kappa shape index (κ2) is 9.68. The number of rotatable bonds is 9. The van der Waals surface area contributed by atoms with Crippen molar-refractivity contribution in [1.29, 1.82) is 0 Å². The van der Waals surface area contributed by atoms with E-state index in [9.17, 15) is 9.59 Å². The minimum absolute atomic E-state index is 0.0313. The molecule has 7 nitrogen and oxygen atoms in total. The van der Waals surface area contributed by atoms with Crippen molar-refractivity contribution in [3.63, 3.8) is 0 Å². The molecule has 0 aromatic rings. The van der Waals surface area contributed by atoms with Crippen LogP contribution in [0.2, 0.25) is 0 Å². The molecule has 0 saturated heterocycles. The summed E-state index contributed by atoms with van der Waals surface area (Å²) in [4.78, 5) is 24.9. The predicted molar refractivity (Wildman–Crippen MR) is 74.3 cm³/mol. The van der Waals surface area contributed by atoms with E-state index in [1.54, 1.807) is 27.9 Å². The van der Waals surface area contributed by atoms with Gasteiger partial charge in [0.2, 0.25) is 5.91 Å². The molecule has 20 heavy (non-hydrogen) atoms. The first-order chi connectivity index (χ1) is 9.28. The fourth-order valence-electron chi connectivity index (χ4n) is 1.46. The molecule has 0 radical (unpaired) electrons. The van der Waals surface area contributed by atoms with E-state index in [-0.39, 0.29) is 32.1 Å². The van der Waals surface area contributed by atoms with E-state index in [2.05, 4.69) is 5.32 Å². The highest BCUT2D eigenvalue weighted by Crippen LogP contribution is 2.07. The smallest absolute Gasteiger partial charge is 0.320 e. The molecule has 0 spiro atoms. The lowest BCUT2D eigenvalue weighted by Gasteiger charge is -2.24. The van der Waals surface area contributed by atoms with Crippen LogP contribution in [0.5, 0.6) is 0 Å². The maximum atomic E-state index is 11.7. The average Bonchev–Trinajstić information content (AvgIpc) is 2.26. The molecule has 0 aliphatic carbocycles. The number of hydrogen-bond acceptors (Lipinski definition) is 6. The normalized spacial score (nSPS) is 11.5. The summed E-state index contributed by atoms with van der Waals surface area (Å²) in [6.07, 6.45) is 0. The standard InChI is InChI=1S/C13H26N2O5/c1-13(2,3)20-12(18)10-15(6-7-16)9-11(17)14-5-8-19-4/h16H,5-10H2,1-4H3,(H,14,17). The van der Waals surface area contributed by atoms with Gasteiger partial charge in [-0.15, -0.1) is 0 Å². The van der Waals surface area contributed by atoms with E-state index < -0.39 is 11.6 Å². The third kappa shape index (κ3) is 10.7. The van der Waals surface area contributed by atoms with Gasteiger partial charge >= 0.3 is 5.97 Å². The van der Waals surface area contributed by atoms with E-state index in [0.717, 1.165) is 0 Å². The van der Waals surface area contributed by atoms with Crippen LogP contribution in [0.15, 0.2) is 0 Å². The molecular formula is C13H26N2O5. The summed E-state index contributed by atoms with van der Waals surface area (Å²) >= 11 is 0. The quantitative estimate of drug-likeness (QED) is 0.435. The molecular weight excluding hydrogens is 264 g/mol. The molecule has 0 atom stereocenters. The summed E-state index contributed by atoms with van der Waals surface area (Å²) in [5, 5.41) is 11.6. The van der Waals surface area contributed by atoms with Gasteiger partial charge in [-0.25, -0.2) is 0 Å². The predicted octanol–water partition coefficient (Wildman–Crippen LogP) is -0.615. The number of aliphatic hydroxyl groups excluding tert-OH is 1. The second-order valence-electron chi connectivity index (χ2n) is 5.36. The number of aliphatic hydroxyl groups is 1. The third-order valence-electron chi connectivity index (χ3n) is 2.18. The topological polar surface area (TPSA) is 88.1 Å². The van der Waals surface area contributed by atoms with Gasteiger partial charge in [0.1, 0.15) is 5.60 Å². The van der Waals surface area contributed by atoms with E-state index >= 15 is 0 Å². The molecule has 0 heterocycles. The van der Waals surface area contributed by atoms with Gasteiger partial charge in [0, 0.05) is 20.2 Å². The molecule has 0 aliphatic heterocycles. The zero-order valence-electron chi connectivity index (χ0n) is 12.8. The van der Waals surface area contributed by atoms with Crippen LogP contribution < -0.4 is 5.32 Å². The summed E-state index contributed by atoms with van der Waals surface area (Å²) in [5.41, 5.74) is -0.567. The summed E-state index contributed by atoms with van der Waals surface area (Å²) in [7, 11) is 1.55. The van der Waals surface area contributed by atoms with Gasteiger partial charge in [0.25, 0.3) is 0 Å². The Hall–Kier alpha value is -1.18. The van der Waals surface area contributed by atoms with Crippen molar-refractivity contribution in [2.45, 2.75) is 26.4 Å². The molecule has 118 valence electrons. The highest BCUT2D eigenvalue weighted by Gasteiger charge is 2.20. The molecule has 7 heteroatoms. The summed E-state index contributed by atoms with van der Waals surface area (Å²) in [6.45, 7) is 6.27. The minimum atomic E-state index is -0.567. The van der Waals surface area contributed by atoms with Crippen molar-refractivity contribution < 1.29 is 24.2 Å². The molecule has 0 aromatic carbocycles. The van der Waals surface area contributed by atoms with Crippen LogP contribution in [0.25, 0.3) is 0 Å². The number of hydrogen-bond donors (Lipinski definition) is 2. The van der Waals surface area contributed by atoms with Crippen LogP contribution in [0.3, 0.4) is 0 Å². The van der Waals surface area contributed by atoms with Crippen LogP contribution in [0, 0.1) is 0 Å². The van der Waals surface area contributed by atoms with Crippen molar-refractivity contribution in [3.05, 3.63) is 0 Å². The van der Waals surface area contributed by atoms with E-state index in [1.807, 2.05) is 0 Å². The molecule has 0 rings (SSSR count). The van der Waals surface area contributed by atoms with Crippen molar-refractivity contribution in [2.24, 2.45) is 0 Å². The number of nitrogens with one attached hydrogen (secondary N) is 1. The molecule has 2 N–H and O–H groups in total. The molecule has 0 fully saturated rings. The van der Waals surface area contributed by atoms with E-state index in [0.29, 0.717) is 13.2 Å². The van der Waals surface area contributed by atoms with Crippen LogP contribution in [0.4, 0.5) is 0 Å². The third-order valence-corrected chi connectivity index (χ3v) is 2.18. The fraction of sp³-hybridized carbons (Fsp3) is 0.846. The van der Waals surface area contributed by atoms with Crippen molar-refractivity contribution in [3.8, 4) is 0 Å². The maximum Gasteiger partial charge on any atom is 0.320 e. The van der Waals surface area contributed by atoms with Gasteiger partial charge < -0.3 is 19.9 Å². The highest BCUT2D eigenvalue weighted by molar-refractivity contribution is 5.79. The Balaban J connectivity index is 4.21. The van der Waals surface area contributed by atoms with Crippen LogP contribution in [-0.2, 0) is 19.1 Å². The van der Waals surface area contributed by atoms with Crippen molar-refractivity contribution in [2.75, 3.05) is 46.5 Å². The van der Waals surface area contributed by atoms with Crippen molar-refractivity contribution in [1.82, 2.24) is 10.2 Å². The Kier molecular flexibility index (Phi) is 9.11. The Morgan fingerprint density at radius 3 is 2.40 bits per heavy atom. The molecule has 0 bridgehead atoms. The molecule has 0 saturated carbocycles. The van der Waals surface area contributed by atoms with Gasteiger partial charge in [-0.05, 0) is 20.8 Å². The minimum Gasteiger partial charge on any atom is -0.459 e. The first-order valence-corrected chi connectivity index (χ1v) is 6.59. The van der Waals surface area contributed by atoms with Crippen LogP contribution >= 0.6 is 0 Å². The molecule has 0 unspecified atom stereocenters. The Morgan fingerprint density at radius 1 is 1.25 bits per heavy atom. The summed E-state index contributed by atoms with van der Waals surface area (Å²) in [6, 6.07) is 0. The SMILES string of the molecule is COCCNC(=O)CN(CCO)CC(=O)OC(C)(C)C. The lowest BCUT2D eigenvalue weighted by Crippen LogP contribution is -2.43. The highest BCUT2D eigenvalue weighted by atomic mass is 16.6. The Morgan fingerprint density at radius 2 is 1.90 bits per heavy atom. The Labute approximate surface area is 120 Å². The van der Waals surface area contributed by atoms with Gasteiger partial charge in [0.15, 0.2) is 0 Å². The fourth-order valence-corrected chi connectivity index (χ4v) is 1.46. The maximum absolute atomic E-state index is 11.7. The number of ether oxygens (including phenoxy) is 2. The zero-order valence-corrected chi connectivity index (χ0v) is 12.8. The molecule has 1 amide bonds. The van der Waals surface area contributed by atoms with E-state index in [4.69, 9.17) is 14.6 Å².